The minimum absolute atomic E-state index is 0.193. The highest BCUT2D eigenvalue weighted by Gasteiger charge is 2.31. The number of carbonyl (C=O) groups excluding carboxylic acids is 1. The molecule has 0 aromatic carbocycles. The molecule has 1 fully saturated rings. The van der Waals surface area contributed by atoms with Crippen molar-refractivity contribution in [3.63, 3.8) is 0 Å². The molecule has 0 aliphatic heterocycles. The number of hydrogen-bond donors (Lipinski definition) is 1. The standard InChI is InChI=1S/C18H28N2OS/c1-18(2,3)13-9-10-14-15(11-13)22-17(19-14)20-16(21)12-7-5-4-6-8-12/h12-13H,4-11H2,1-3H3,(H,19,20,21). The Balaban J connectivity index is 1.65. The number of amides is 1. The SMILES string of the molecule is CC(C)(C)C1CCc2nc(NC(=O)C3CCCCC3)sc2C1. The van der Waals surface area contributed by atoms with Gasteiger partial charge in [0.15, 0.2) is 5.13 Å². The fourth-order valence-electron chi connectivity index (χ4n) is 3.74. The fraction of sp³-hybridized carbons (Fsp3) is 0.778. The molecule has 0 bridgehead atoms. The molecule has 122 valence electrons. The second kappa shape index (κ2) is 6.31. The van der Waals surface area contributed by atoms with E-state index in [1.165, 1.54) is 36.3 Å². The Morgan fingerprint density at radius 2 is 1.91 bits per heavy atom. The summed E-state index contributed by atoms with van der Waals surface area (Å²) in [6.45, 7) is 6.99. The second-order valence-corrected chi connectivity index (χ2v) is 9.10. The van der Waals surface area contributed by atoms with Crippen LogP contribution in [0.3, 0.4) is 0 Å². The number of aryl methyl sites for hydroxylation is 1. The summed E-state index contributed by atoms with van der Waals surface area (Å²) < 4.78 is 0. The van der Waals surface area contributed by atoms with Crippen molar-refractivity contribution in [2.45, 2.75) is 72.1 Å². The summed E-state index contributed by atoms with van der Waals surface area (Å²) in [5.41, 5.74) is 1.58. The van der Waals surface area contributed by atoms with Crippen LogP contribution in [0.1, 0.15) is 69.9 Å². The number of hydrogen-bond acceptors (Lipinski definition) is 3. The van der Waals surface area contributed by atoms with Gasteiger partial charge in [-0.25, -0.2) is 4.98 Å². The summed E-state index contributed by atoms with van der Waals surface area (Å²) in [6.07, 6.45) is 9.16. The van der Waals surface area contributed by atoms with Gasteiger partial charge < -0.3 is 5.32 Å². The van der Waals surface area contributed by atoms with Crippen molar-refractivity contribution in [1.29, 1.82) is 0 Å². The number of carbonyl (C=O) groups is 1. The molecule has 1 aromatic heterocycles. The van der Waals surface area contributed by atoms with Crippen molar-refractivity contribution >= 4 is 22.4 Å². The summed E-state index contributed by atoms with van der Waals surface area (Å²) >= 11 is 1.70. The summed E-state index contributed by atoms with van der Waals surface area (Å²) in [6, 6.07) is 0. The maximum absolute atomic E-state index is 12.4. The second-order valence-electron chi connectivity index (χ2n) is 8.02. The van der Waals surface area contributed by atoms with Crippen LogP contribution in [0, 0.1) is 17.3 Å². The Labute approximate surface area is 137 Å². The number of aromatic nitrogens is 1. The van der Waals surface area contributed by atoms with Crippen LogP contribution in [0.15, 0.2) is 0 Å². The van der Waals surface area contributed by atoms with E-state index in [1.54, 1.807) is 11.3 Å². The van der Waals surface area contributed by atoms with E-state index in [9.17, 15) is 4.79 Å². The Kier molecular flexibility index (Phi) is 4.58. The minimum Gasteiger partial charge on any atom is -0.302 e. The van der Waals surface area contributed by atoms with Crippen molar-refractivity contribution in [2.75, 3.05) is 5.32 Å². The van der Waals surface area contributed by atoms with Gasteiger partial charge in [0, 0.05) is 10.8 Å². The number of anilines is 1. The van der Waals surface area contributed by atoms with Crippen LogP contribution >= 0.6 is 11.3 Å². The van der Waals surface area contributed by atoms with Crippen LogP contribution in [0.5, 0.6) is 0 Å². The van der Waals surface area contributed by atoms with Crippen LogP contribution in [0.4, 0.5) is 5.13 Å². The molecule has 0 saturated heterocycles. The number of fused-ring (bicyclic) bond motifs is 1. The van der Waals surface area contributed by atoms with Crippen molar-refractivity contribution in [2.24, 2.45) is 17.3 Å². The van der Waals surface area contributed by atoms with Gasteiger partial charge in [-0.3, -0.25) is 4.79 Å². The van der Waals surface area contributed by atoms with Crippen molar-refractivity contribution in [3.8, 4) is 0 Å². The van der Waals surface area contributed by atoms with E-state index in [-0.39, 0.29) is 11.8 Å². The Morgan fingerprint density at radius 3 is 2.59 bits per heavy atom. The summed E-state index contributed by atoms with van der Waals surface area (Å²) in [5.74, 6) is 1.12. The van der Waals surface area contributed by atoms with Gasteiger partial charge >= 0.3 is 0 Å². The van der Waals surface area contributed by atoms with Crippen LogP contribution in [0.2, 0.25) is 0 Å². The monoisotopic (exact) mass is 320 g/mol. The first-order valence-electron chi connectivity index (χ1n) is 8.73. The van der Waals surface area contributed by atoms with Crippen LogP contribution < -0.4 is 5.32 Å². The first-order chi connectivity index (χ1) is 10.4. The third-order valence-corrected chi connectivity index (χ3v) is 6.41. The average molecular weight is 321 g/mol. The van der Waals surface area contributed by atoms with Gasteiger partial charge in [0.25, 0.3) is 0 Å². The highest BCUT2D eigenvalue weighted by Crippen LogP contribution is 2.40. The third-order valence-electron chi connectivity index (χ3n) is 5.37. The van der Waals surface area contributed by atoms with E-state index in [2.05, 4.69) is 31.1 Å². The Bertz CT molecular complexity index is 538. The number of rotatable bonds is 2. The first kappa shape index (κ1) is 16.0. The van der Waals surface area contributed by atoms with Gasteiger partial charge in [0.05, 0.1) is 5.69 Å². The van der Waals surface area contributed by atoms with Gasteiger partial charge in [-0.1, -0.05) is 40.0 Å². The van der Waals surface area contributed by atoms with E-state index in [0.29, 0.717) is 5.41 Å². The smallest absolute Gasteiger partial charge is 0.229 e. The lowest BCUT2D eigenvalue weighted by molar-refractivity contribution is -0.120. The number of nitrogens with zero attached hydrogens (tertiary/aromatic N) is 1. The molecule has 1 atom stereocenters. The van der Waals surface area contributed by atoms with Crippen molar-refractivity contribution in [3.05, 3.63) is 10.6 Å². The van der Waals surface area contributed by atoms with E-state index in [4.69, 9.17) is 0 Å². The molecular weight excluding hydrogens is 292 g/mol. The molecule has 1 heterocycles. The molecule has 1 amide bonds. The molecule has 22 heavy (non-hydrogen) atoms. The molecule has 0 radical (unpaired) electrons. The molecule has 2 aliphatic rings. The van der Waals surface area contributed by atoms with E-state index in [0.717, 1.165) is 36.7 Å². The van der Waals surface area contributed by atoms with Crippen LogP contribution in [-0.2, 0) is 17.6 Å². The lowest BCUT2D eigenvalue weighted by atomic mass is 9.73. The average Bonchev–Trinajstić information content (AvgIpc) is 2.88. The summed E-state index contributed by atoms with van der Waals surface area (Å²) in [4.78, 5) is 18.4. The van der Waals surface area contributed by atoms with E-state index < -0.39 is 0 Å². The predicted molar refractivity (Wildman–Crippen MR) is 92.3 cm³/mol. The number of thiazole rings is 1. The van der Waals surface area contributed by atoms with Crippen LogP contribution in [0.25, 0.3) is 0 Å². The molecule has 4 heteroatoms. The van der Waals surface area contributed by atoms with Crippen molar-refractivity contribution in [1.82, 2.24) is 4.98 Å². The zero-order chi connectivity index (χ0) is 15.7. The molecule has 1 unspecified atom stereocenters. The molecular formula is C18H28N2OS. The first-order valence-corrected chi connectivity index (χ1v) is 9.54. The Morgan fingerprint density at radius 1 is 1.18 bits per heavy atom. The molecule has 1 N–H and O–H groups in total. The molecule has 0 spiro atoms. The lowest BCUT2D eigenvalue weighted by Crippen LogP contribution is -2.26. The predicted octanol–water partition coefficient (Wildman–Crippen LogP) is 4.81. The fourth-order valence-corrected chi connectivity index (χ4v) is 4.83. The summed E-state index contributed by atoms with van der Waals surface area (Å²) in [5, 5.41) is 3.92. The molecule has 1 aromatic rings. The lowest BCUT2D eigenvalue weighted by Gasteiger charge is -2.33. The summed E-state index contributed by atoms with van der Waals surface area (Å²) in [7, 11) is 0. The van der Waals surface area contributed by atoms with Gasteiger partial charge in [0.2, 0.25) is 5.91 Å². The quantitative estimate of drug-likeness (QED) is 0.849. The molecule has 1 saturated carbocycles. The Hall–Kier alpha value is -0.900. The normalized spacial score (nSPS) is 23.1. The van der Waals surface area contributed by atoms with Gasteiger partial charge in [-0.2, -0.15) is 0 Å². The zero-order valence-electron chi connectivity index (χ0n) is 14.1. The van der Waals surface area contributed by atoms with Gasteiger partial charge in [-0.15, -0.1) is 11.3 Å². The van der Waals surface area contributed by atoms with Crippen LogP contribution in [-0.4, -0.2) is 10.9 Å². The third kappa shape index (κ3) is 3.53. The molecule has 3 nitrogen and oxygen atoms in total. The minimum atomic E-state index is 0.193. The highest BCUT2D eigenvalue weighted by atomic mass is 32.1. The zero-order valence-corrected chi connectivity index (χ0v) is 14.9. The van der Waals surface area contributed by atoms with Gasteiger partial charge in [0.1, 0.15) is 0 Å². The topological polar surface area (TPSA) is 42.0 Å². The molecule has 3 rings (SSSR count). The van der Waals surface area contributed by atoms with E-state index in [1.807, 2.05) is 0 Å². The van der Waals surface area contributed by atoms with Gasteiger partial charge in [-0.05, 0) is 43.4 Å². The molecule has 2 aliphatic carbocycles. The number of nitrogens with one attached hydrogen (secondary N) is 1. The maximum atomic E-state index is 12.4. The maximum Gasteiger partial charge on any atom is 0.229 e. The van der Waals surface area contributed by atoms with E-state index >= 15 is 0 Å². The highest BCUT2D eigenvalue weighted by molar-refractivity contribution is 7.15. The van der Waals surface area contributed by atoms with Crippen molar-refractivity contribution < 1.29 is 4.79 Å². The largest absolute Gasteiger partial charge is 0.302 e.